The van der Waals surface area contributed by atoms with Gasteiger partial charge in [-0.25, -0.2) is 4.98 Å². The summed E-state index contributed by atoms with van der Waals surface area (Å²) in [6.07, 6.45) is 3.81. The van der Waals surface area contributed by atoms with Gasteiger partial charge in [0.05, 0.1) is 10.9 Å². The average Bonchev–Trinajstić information content (AvgIpc) is 3.19. The van der Waals surface area contributed by atoms with Crippen molar-refractivity contribution in [3.8, 4) is 5.69 Å². The molecule has 0 N–H and O–H groups in total. The lowest BCUT2D eigenvalue weighted by atomic mass is 10.1. The van der Waals surface area contributed by atoms with Crippen molar-refractivity contribution in [2.75, 3.05) is 0 Å². The van der Waals surface area contributed by atoms with Crippen molar-refractivity contribution in [2.45, 2.75) is 50.9 Å². The lowest BCUT2D eigenvalue weighted by Crippen LogP contribution is -2.01. The molecule has 0 aliphatic carbocycles. The predicted octanol–water partition coefficient (Wildman–Crippen LogP) is 4.85. The molecular weight excluding hydrogens is 320 g/mol. The molecule has 2 heterocycles. The number of aryl methyl sites for hydroxylation is 1. The third-order valence-corrected chi connectivity index (χ3v) is 5.11. The highest BCUT2D eigenvalue weighted by Gasteiger charge is 2.20. The second kappa shape index (κ2) is 6.81. The molecule has 0 saturated carbocycles. The van der Waals surface area contributed by atoms with Crippen LogP contribution in [0, 0.1) is 13.8 Å². The number of imidazole rings is 1. The molecule has 1 aromatic carbocycles. The molecule has 0 spiro atoms. The maximum Gasteiger partial charge on any atom is 0.239 e. The van der Waals surface area contributed by atoms with Crippen LogP contribution in [0.3, 0.4) is 0 Å². The second-order valence-corrected chi connectivity index (χ2v) is 7.51. The van der Waals surface area contributed by atoms with Gasteiger partial charge in [0.25, 0.3) is 0 Å². The molecule has 3 aromatic rings. The van der Waals surface area contributed by atoms with E-state index < -0.39 is 0 Å². The molecule has 0 amide bonds. The number of hydrogen-bond donors (Lipinski definition) is 0. The first-order valence-corrected chi connectivity index (χ1v) is 8.95. The summed E-state index contributed by atoms with van der Waals surface area (Å²) in [5, 5.41) is 5.00. The summed E-state index contributed by atoms with van der Waals surface area (Å²) in [6.45, 7) is 10.4. The molecule has 0 saturated heterocycles. The van der Waals surface area contributed by atoms with Crippen LogP contribution in [-0.4, -0.2) is 19.7 Å². The molecule has 0 radical (unpaired) electrons. The zero-order valence-corrected chi connectivity index (χ0v) is 15.5. The quantitative estimate of drug-likeness (QED) is 0.620. The highest BCUT2D eigenvalue weighted by atomic mass is 32.2. The topological polar surface area (TPSA) is 56.7 Å². The van der Waals surface area contributed by atoms with E-state index in [2.05, 4.69) is 72.5 Å². The van der Waals surface area contributed by atoms with Crippen LogP contribution in [0.25, 0.3) is 5.69 Å². The second-order valence-electron chi connectivity index (χ2n) is 6.20. The van der Waals surface area contributed by atoms with Crippen molar-refractivity contribution < 1.29 is 4.52 Å². The Bertz CT molecular complexity index is 837. The predicted molar refractivity (Wildman–Crippen MR) is 95.7 cm³/mol. The van der Waals surface area contributed by atoms with Gasteiger partial charge < -0.3 is 4.52 Å². The van der Waals surface area contributed by atoms with E-state index in [1.807, 2.05) is 12.4 Å². The Kier molecular flexibility index (Phi) is 4.76. The van der Waals surface area contributed by atoms with Crippen molar-refractivity contribution in [3.05, 3.63) is 53.4 Å². The van der Waals surface area contributed by atoms with Crippen molar-refractivity contribution in [2.24, 2.45) is 0 Å². The molecule has 3 rings (SSSR count). The summed E-state index contributed by atoms with van der Waals surface area (Å²) >= 11 is 1.62. The van der Waals surface area contributed by atoms with Gasteiger partial charge in [-0.05, 0) is 38.0 Å². The van der Waals surface area contributed by atoms with Crippen LogP contribution < -0.4 is 0 Å². The van der Waals surface area contributed by atoms with Gasteiger partial charge in [-0.15, -0.1) is 0 Å². The van der Waals surface area contributed by atoms with Crippen molar-refractivity contribution in [1.29, 1.82) is 0 Å². The summed E-state index contributed by atoms with van der Waals surface area (Å²) in [5.74, 6) is 1.64. The van der Waals surface area contributed by atoms with Gasteiger partial charge in [0.2, 0.25) is 5.89 Å². The molecule has 1 atom stereocenters. The summed E-state index contributed by atoms with van der Waals surface area (Å²) in [5.41, 5.74) is 3.67. The summed E-state index contributed by atoms with van der Waals surface area (Å²) in [4.78, 5) is 9.00. The van der Waals surface area contributed by atoms with Gasteiger partial charge in [0.1, 0.15) is 0 Å². The largest absolute Gasteiger partial charge is 0.338 e. The average molecular weight is 342 g/mol. The first-order chi connectivity index (χ1) is 11.5. The van der Waals surface area contributed by atoms with Gasteiger partial charge in [-0.2, -0.15) is 4.98 Å². The van der Waals surface area contributed by atoms with Crippen LogP contribution in [0.2, 0.25) is 0 Å². The van der Waals surface area contributed by atoms with Gasteiger partial charge >= 0.3 is 0 Å². The van der Waals surface area contributed by atoms with Crippen LogP contribution in [0.15, 0.2) is 40.3 Å². The maximum absolute atomic E-state index is 5.41. The summed E-state index contributed by atoms with van der Waals surface area (Å²) in [6, 6.07) is 6.31. The first-order valence-electron chi connectivity index (χ1n) is 8.07. The van der Waals surface area contributed by atoms with Crippen LogP contribution in [0.4, 0.5) is 0 Å². The summed E-state index contributed by atoms with van der Waals surface area (Å²) < 4.78 is 7.52. The molecule has 126 valence electrons. The van der Waals surface area contributed by atoms with Crippen LogP contribution in [0.5, 0.6) is 0 Å². The molecule has 6 heteroatoms. The highest BCUT2D eigenvalue weighted by molar-refractivity contribution is 7.99. The zero-order chi connectivity index (χ0) is 17.3. The maximum atomic E-state index is 5.41. The van der Waals surface area contributed by atoms with Gasteiger partial charge in [0.15, 0.2) is 11.0 Å². The van der Waals surface area contributed by atoms with Crippen molar-refractivity contribution in [3.63, 3.8) is 0 Å². The van der Waals surface area contributed by atoms with E-state index in [1.165, 1.54) is 11.1 Å². The molecule has 0 fully saturated rings. The minimum absolute atomic E-state index is 0.0382. The minimum Gasteiger partial charge on any atom is -0.338 e. The van der Waals surface area contributed by atoms with Crippen molar-refractivity contribution in [1.82, 2.24) is 19.7 Å². The highest BCUT2D eigenvalue weighted by Crippen LogP contribution is 2.35. The van der Waals surface area contributed by atoms with Gasteiger partial charge in [-0.1, -0.05) is 42.9 Å². The number of aromatic nitrogens is 4. The zero-order valence-electron chi connectivity index (χ0n) is 14.6. The molecule has 0 bridgehead atoms. The Morgan fingerprint density at radius 1 is 1.17 bits per heavy atom. The fraction of sp³-hybridized carbons (Fsp3) is 0.389. The fourth-order valence-corrected chi connectivity index (χ4v) is 3.32. The van der Waals surface area contributed by atoms with Crippen LogP contribution >= 0.6 is 11.8 Å². The van der Waals surface area contributed by atoms with E-state index in [9.17, 15) is 0 Å². The van der Waals surface area contributed by atoms with Crippen LogP contribution in [0.1, 0.15) is 54.8 Å². The molecule has 0 aliphatic rings. The molecule has 5 nitrogen and oxygen atoms in total. The van der Waals surface area contributed by atoms with E-state index in [0.29, 0.717) is 5.89 Å². The monoisotopic (exact) mass is 342 g/mol. The lowest BCUT2D eigenvalue weighted by molar-refractivity contribution is 0.373. The molecule has 0 unspecified atom stereocenters. The smallest absolute Gasteiger partial charge is 0.239 e. The van der Waals surface area contributed by atoms with Crippen molar-refractivity contribution >= 4 is 11.8 Å². The Hall–Kier alpha value is -2.08. The third-order valence-electron chi connectivity index (χ3n) is 4.05. The van der Waals surface area contributed by atoms with E-state index in [-0.39, 0.29) is 11.2 Å². The lowest BCUT2D eigenvalue weighted by Gasteiger charge is -2.13. The number of benzene rings is 1. The standard InChI is InChI=1S/C18H22N4OS/c1-11(2)16-20-17(23-21-16)14(5)24-18-19-9-10-22(18)15-8-6-7-12(3)13(15)4/h6-11,14H,1-5H3/t14-/m1/s1. The normalized spacial score (nSPS) is 12.8. The fourth-order valence-electron chi connectivity index (χ4n) is 2.41. The number of hydrogen-bond acceptors (Lipinski definition) is 5. The van der Waals surface area contributed by atoms with E-state index >= 15 is 0 Å². The molecule has 2 aromatic heterocycles. The summed E-state index contributed by atoms with van der Waals surface area (Å²) in [7, 11) is 0. The SMILES string of the molecule is Cc1cccc(-n2ccnc2S[C@H](C)c2nc(C(C)C)no2)c1C. The molecular formula is C18H22N4OS. The Morgan fingerprint density at radius 2 is 1.96 bits per heavy atom. The van der Waals surface area contributed by atoms with Gasteiger partial charge in [0, 0.05) is 18.3 Å². The Labute approximate surface area is 146 Å². The molecule has 24 heavy (non-hydrogen) atoms. The molecule has 0 aliphatic heterocycles. The Morgan fingerprint density at radius 3 is 2.67 bits per heavy atom. The number of rotatable bonds is 5. The Balaban J connectivity index is 1.86. The van der Waals surface area contributed by atoms with Crippen LogP contribution in [-0.2, 0) is 0 Å². The number of nitrogens with zero attached hydrogens (tertiary/aromatic N) is 4. The first kappa shape index (κ1) is 16.8. The number of thioether (sulfide) groups is 1. The van der Waals surface area contributed by atoms with E-state index in [4.69, 9.17) is 4.52 Å². The third kappa shape index (κ3) is 3.24. The van der Waals surface area contributed by atoms with Gasteiger partial charge in [-0.3, -0.25) is 4.57 Å². The van der Waals surface area contributed by atoms with E-state index in [0.717, 1.165) is 16.7 Å². The van der Waals surface area contributed by atoms with E-state index in [1.54, 1.807) is 11.8 Å². The minimum atomic E-state index is 0.0382.